The minimum absolute atomic E-state index is 1.03. The zero-order chi connectivity index (χ0) is 6.97. The molecular weight excluding hydrogens is 126 g/mol. The molecule has 2 N–H and O–H groups in total. The summed E-state index contributed by atoms with van der Waals surface area (Å²) in [5, 5.41) is 2.05. The minimum Gasteiger partial charge on any atom is -0.363 e. The van der Waals surface area contributed by atoms with Crippen LogP contribution in [0.4, 0.5) is 5.69 Å². The maximum atomic E-state index is 3.24. The number of hydrogen-bond donors (Lipinski definition) is 2. The van der Waals surface area contributed by atoms with Gasteiger partial charge in [-0.05, 0) is 6.07 Å². The van der Waals surface area contributed by atoms with E-state index in [1.807, 2.05) is 13.2 Å². The Hall–Kier alpha value is -0.960. The molecule has 54 valence electrons. The van der Waals surface area contributed by atoms with Gasteiger partial charge in [0.2, 0.25) is 0 Å². The number of nitrogens with zero attached hydrogens (tertiary/aromatic N) is 1. The van der Waals surface area contributed by atoms with Crippen LogP contribution in [0.2, 0.25) is 0 Å². The second-order valence-electron chi connectivity index (χ2n) is 2.56. The summed E-state index contributed by atoms with van der Waals surface area (Å²) in [6, 6.07) is 2.08. The predicted molar refractivity (Wildman–Crippen MR) is 40.9 cm³/mol. The van der Waals surface area contributed by atoms with Crippen molar-refractivity contribution in [2.75, 3.05) is 18.6 Å². The van der Waals surface area contributed by atoms with Gasteiger partial charge in [0, 0.05) is 31.9 Å². The number of aromatic nitrogens is 1. The van der Waals surface area contributed by atoms with Crippen molar-refractivity contribution in [3.05, 3.63) is 18.0 Å². The van der Waals surface area contributed by atoms with Crippen LogP contribution in [0.3, 0.4) is 0 Å². The Morgan fingerprint density at radius 2 is 2.50 bits per heavy atom. The first-order chi connectivity index (χ1) is 4.88. The normalized spacial score (nSPS) is 17.1. The Morgan fingerprint density at radius 1 is 1.60 bits per heavy atom. The van der Waals surface area contributed by atoms with E-state index in [1.54, 1.807) is 0 Å². The van der Waals surface area contributed by atoms with Crippen LogP contribution in [0.1, 0.15) is 5.69 Å². The topological polar surface area (TPSA) is 31.1 Å². The smallest absolute Gasteiger partial charge is 0.0723 e. The molecule has 3 nitrogen and oxygen atoms in total. The Balaban J connectivity index is 2.41. The maximum absolute atomic E-state index is 3.24. The van der Waals surface area contributed by atoms with Crippen LogP contribution >= 0.6 is 0 Å². The fourth-order valence-corrected chi connectivity index (χ4v) is 1.34. The highest BCUT2D eigenvalue weighted by atomic mass is 15.5. The molecule has 1 aromatic heterocycles. The molecule has 0 fully saturated rings. The number of aromatic amines is 1. The van der Waals surface area contributed by atoms with Gasteiger partial charge in [-0.15, -0.1) is 0 Å². The summed E-state index contributed by atoms with van der Waals surface area (Å²) in [6.07, 6.45) is 3.08. The summed E-state index contributed by atoms with van der Waals surface area (Å²) in [7, 11) is 2.03. The van der Waals surface area contributed by atoms with E-state index in [9.17, 15) is 0 Å². The van der Waals surface area contributed by atoms with Gasteiger partial charge in [-0.25, -0.2) is 5.43 Å². The van der Waals surface area contributed by atoms with E-state index in [1.165, 1.54) is 11.4 Å². The Labute approximate surface area is 60.0 Å². The fraction of sp³-hybridized carbons (Fsp3) is 0.429. The summed E-state index contributed by atoms with van der Waals surface area (Å²) < 4.78 is 0. The molecule has 0 aromatic carbocycles. The number of H-pyrrole nitrogens is 1. The lowest BCUT2D eigenvalue weighted by Crippen LogP contribution is -2.39. The number of hydrogen-bond acceptors (Lipinski definition) is 2. The molecule has 0 spiro atoms. The molecule has 10 heavy (non-hydrogen) atoms. The number of anilines is 1. The van der Waals surface area contributed by atoms with Crippen LogP contribution in [0, 0.1) is 0 Å². The van der Waals surface area contributed by atoms with E-state index in [2.05, 4.69) is 21.5 Å². The van der Waals surface area contributed by atoms with Crippen molar-refractivity contribution >= 4 is 5.69 Å². The molecule has 0 unspecified atom stereocenters. The third-order valence-electron chi connectivity index (χ3n) is 1.89. The van der Waals surface area contributed by atoms with Crippen molar-refractivity contribution in [3.8, 4) is 0 Å². The van der Waals surface area contributed by atoms with Crippen molar-refractivity contribution in [2.45, 2.75) is 6.42 Å². The van der Waals surface area contributed by atoms with Crippen molar-refractivity contribution in [3.63, 3.8) is 0 Å². The molecule has 0 saturated carbocycles. The fourth-order valence-electron chi connectivity index (χ4n) is 1.34. The maximum Gasteiger partial charge on any atom is 0.0723 e. The molecule has 0 radical (unpaired) electrons. The largest absolute Gasteiger partial charge is 0.363 e. The Kier molecular flexibility index (Phi) is 1.17. The third-order valence-corrected chi connectivity index (χ3v) is 1.89. The van der Waals surface area contributed by atoms with E-state index in [4.69, 9.17) is 0 Å². The number of nitrogens with one attached hydrogen (secondary N) is 2. The average Bonchev–Trinajstić information content (AvgIpc) is 2.36. The summed E-state index contributed by atoms with van der Waals surface area (Å²) >= 11 is 0. The number of fused-ring (bicyclic) bond motifs is 1. The van der Waals surface area contributed by atoms with Gasteiger partial charge in [0.05, 0.1) is 5.69 Å². The van der Waals surface area contributed by atoms with Gasteiger partial charge in [-0.2, -0.15) is 0 Å². The lowest BCUT2D eigenvalue weighted by molar-refractivity contribution is 0.636. The quantitative estimate of drug-likeness (QED) is 0.546. The van der Waals surface area contributed by atoms with Crippen LogP contribution < -0.4 is 10.4 Å². The van der Waals surface area contributed by atoms with Gasteiger partial charge in [-0.1, -0.05) is 0 Å². The van der Waals surface area contributed by atoms with Gasteiger partial charge < -0.3 is 9.99 Å². The highest BCUT2D eigenvalue weighted by Crippen LogP contribution is 2.19. The van der Waals surface area contributed by atoms with Gasteiger partial charge in [0.1, 0.15) is 0 Å². The van der Waals surface area contributed by atoms with Gasteiger partial charge in [0.25, 0.3) is 0 Å². The average molecular weight is 137 g/mol. The van der Waals surface area contributed by atoms with Crippen molar-refractivity contribution in [1.82, 2.24) is 10.4 Å². The van der Waals surface area contributed by atoms with E-state index < -0.39 is 0 Å². The monoisotopic (exact) mass is 137 g/mol. The zero-order valence-corrected chi connectivity index (χ0v) is 6.02. The highest BCUT2D eigenvalue weighted by molar-refractivity contribution is 5.51. The highest BCUT2D eigenvalue weighted by Gasteiger charge is 2.12. The minimum atomic E-state index is 1.03. The molecule has 0 bridgehead atoms. The predicted octanol–water partition coefficient (Wildman–Crippen LogP) is 0.512. The van der Waals surface area contributed by atoms with Crippen molar-refractivity contribution in [1.29, 1.82) is 0 Å². The summed E-state index contributed by atoms with van der Waals surface area (Å²) in [4.78, 5) is 3.21. The summed E-state index contributed by atoms with van der Waals surface area (Å²) in [5.41, 5.74) is 5.84. The van der Waals surface area contributed by atoms with E-state index in [0.29, 0.717) is 0 Å². The van der Waals surface area contributed by atoms with E-state index >= 15 is 0 Å². The molecule has 0 aliphatic carbocycles. The Morgan fingerprint density at radius 3 is 3.30 bits per heavy atom. The van der Waals surface area contributed by atoms with Crippen LogP contribution in [0.25, 0.3) is 0 Å². The molecule has 3 heteroatoms. The first-order valence-electron chi connectivity index (χ1n) is 3.51. The molecular formula is C7H11N3. The van der Waals surface area contributed by atoms with Gasteiger partial charge >= 0.3 is 0 Å². The number of hydrazine groups is 1. The lowest BCUT2D eigenvalue weighted by Gasteiger charge is -2.25. The first-order valence-corrected chi connectivity index (χ1v) is 3.51. The zero-order valence-electron chi connectivity index (χ0n) is 6.02. The second-order valence-corrected chi connectivity index (χ2v) is 2.56. The van der Waals surface area contributed by atoms with Gasteiger partial charge in [-0.3, -0.25) is 0 Å². The van der Waals surface area contributed by atoms with Gasteiger partial charge in [0.15, 0.2) is 0 Å². The number of rotatable bonds is 0. The third kappa shape index (κ3) is 0.708. The Bertz CT molecular complexity index is 229. The first kappa shape index (κ1) is 5.80. The van der Waals surface area contributed by atoms with E-state index in [-0.39, 0.29) is 0 Å². The summed E-state index contributed by atoms with van der Waals surface area (Å²) in [5.74, 6) is 0. The van der Waals surface area contributed by atoms with E-state index in [0.717, 1.165) is 13.0 Å². The molecule has 0 saturated heterocycles. The molecule has 1 aromatic rings. The van der Waals surface area contributed by atoms with Crippen LogP contribution in [-0.4, -0.2) is 18.6 Å². The lowest BCUT2D eigenvalue weighted by atomic mass is 10.2. The molecule has 1 aliphatic heterocycles. The SMILES string of the molecule is CN1NCCc2[nH]ccc21. The molecule has 0 atom stereocenters. The molecule has 1 aliphatic rings. The van der Waals surface area contributed by atoms with Crippen LogP contribution in [0.5, 0.6) is 0 Å². The van der Waals surface area contributed by atoms with Crippen LogP contribution in [0.15, 0.2) is 12.3 Å². The summed E-state index contributed by atoms with van der Waals surface area (Å²) in [6.45, 7) is 1.03. The van der Waals surface area contributed by atoms with Crippen LogP contribution in [-0.2, 0) is 6.42 Å². The molecule has 2 rings (SSSR count). The second kappa shape index (κ2) is 2.02. The van der Waals surface area contributed by atoms with Crippen molar-refractivity contribution < 1.29 is 0 Å². The molecule has 0 amide bonds. The van der Waals surface area contributed by atoms with Crippen molar-refractivity contribution in [2.24, 2.45) is 0 Å². The standard InChI is InChI=1S/C7H11N3/c1-10-7-3-4-8-6(7)2-5-9-10/h3-4,8-9H,2,5H2,1H3. The molecule has 2 heterocycles.